The number of amides is 1. The van der Waals surface area contributed by atoms with E-state index < -0.39 is 49.5 Å². The van der Waals surface area contributed by atoms with Crippen LogP contribution in [0.3, 0.4) is 0 Å². The highest BCUT2D eigenvalue weighted by Crippen LogP contribution is 2.23. The van der Waals surface area contributed by atoms with E-state index in [9.17, 15) is 30.3 Å². The minimum absolute atomic E-state index is 0.178. The molecule has 0 aromatic rings. The van der Waals surface area contributed by atoms with E-state index >= 15 is 0 Å². The van der Waals surface area contributed by atoms with Crippen LogP contribution in [-0.2, 0) is 14.3 Å². The highest BCUT2D eigenvalue weighted by Gasteiger charge is 2.44. The second kappa shape index (κ2) is 45.5. The summed E-state index contributed by atoms with van der Waals surface area (Å²) < 4.78 is 11.3. The van der Waals surface area contributed by atoms with E-state index in [1.807, 2.05) is 6.08 Å². The summed E-state index contributed by atoms with van der Waals surface area (Å²) in [5.41, 5.74) is 0. The fourth-order valence-corrected chi connectivity index (χ4v) is 8.86. The number of nitrogens with one attached hydrogen (secondary N) is 1. The van der Waals surface area contributed by atoms with Crippen LogP contribution in [0.1, 0.15) is 264 Å². The second-order valence-corrected chi connectivity index (χ2v) is 19.4. The lowest BCUT2D eigenvalue weighted by Crippen LogP contribution is -2.60. The van der Waals surface area contributed by atoms with Gasteiger partial charge in [-0.1, -0.05) is 237 Å². The molecule has 7 atom stereocenters. The third-order valence-electron chi connectivity index (χ3n) is 13.3. The van der Waals surface area contributed by atoms with Crippen molar-refractivity contribution in [2.45, 2.75) is 307 Å². The summed E-state index contributed by atoms with van der Waals surface area (Å²) in [5, 5.41) is 54.4. The molecule has 0 aliphatic carbocycles. The van der Waals surface area contributed by atoms with Gasteiger partial charge in [0.15, 0.2) is 6.29 Å². The number of unbranched alkanes of at least 4 members (excludes halogenated alkanes) is 35. The fourth-order valence-electron chi connectivity index (χ4n) is 8.86. The summed E-state index contributed by atoms with van der Waals surface area (Å²) in [6.45, 7) is 3.80. The molecule has 0 spiro atoms. The number of carbonyl (C=O) groups is 1. The van der Waals surface area contributed by atoms with Crippen molar-refractivity contribution in [3.8, 4) is 0 Å². The molecule has 1 aliphatic rings. The molecule has 0 radical (unpaired) electrons. The van der Waals surface area contributed by atoms with Crippen LogP contribution in [0.25, 0.3) is 0 Å². The smallest absolute Gasteiger partial charge is 0.220 e. The van der Waals surface area contributed by atoms with Crippen molar-refractivity contribution in [3.05, 3.63) is 24.3 Å². The summed E-state index contributed by atoms with van der Waals surface area (Å²) in [4.78, 5) is 13.0. The fraction of sp³-hybridized carbons (Fsp3) is 0.909. The van der Waals surface area contributed by atoms with E-state index in [1.54, 1.807) is 6.08 Å². The Bertz CT molecular complexity index is 1060. The maximum atomic E-state index is 13.0. The first kappa shape index (κ1) is 60.7. The van der Waals surface area contributed by atoms with Gasteiger partial charge in [0.05, 0.1) is 25.4 Å². The van der Waals surface area contributed by atoms with Crippen LogP contribution in [0, 0.1) is 0 Å². The van der Waals surface area contributed by atoms with Crippen LogP contribution in [0.2, 0.25) is 0 Å². The molecular formula is C55H105NO8. The van der Waals surface area contributed by atoms with Gasteiger partial charge in [0.1, 0.15) is 24.4 Å². The van der Waals surface area contributed by atoms with Gasteiger partial charge in [0.2, 0.25) is 5.91 Å². The van der Waals surface area contributed by atoms with Gasteiger partial charge in [-0.2, -0.15) is 0 Å². The number of hydrogen-bond acceptors (Lipinski definition) is 8. The van der Waals surface area contributed by atoms with Gasteiger partial charge >= 0.3 is 0 Å². The first-order chi connectivity index (χ1) is 31.3. The zero-order valence-corrected chi connectivity index (χ0v) is 41.8. The Labute approximate surface area is 394 Å². The molecule has 9 heteroatoms. The summed E-state index contributed by atoms with van der Waals surface area (Å²) in [6, 6.07) is -0.805. The van der Waals surface area contributed by atoms with Crippen LogP contribution in [0.15, 0.2) is 24.3 Å². The van der Waals surface area contributed by atoms with Crippen molar-refractivity contribution in [2.75, 3.05) is 13.2 Å². The maximum Gasteiger partial charge on any atom is 0.220 e. The Balaban J connectivity index is 2.26. The number of aliphatic hydroxyl groups is 5. The molecule has 0 aromatic heterocycles. The zero-order chi connectivity index (χ0) is 46.6. The zero-order valence-electron chi connectivity index (χ0n) is 41.8. The van der Waals surface area contributed by atoms with E-state index in [2.05, 4.69) is 31.3 Å². The molecule has 64 heavy (non-hydrogen) atoms. The Morgan fingerprint density at radius 2 is 0.875 bits per heavy atom. The predicted octanol–water partition coefficient (Wildman–Crippen LogP) is 13.0. The topological polar surface area (TPSA) is 149 Å². The van der Waals surface area contributed by atoms with Crippen LogP contribution in [0.4, 0.5) is 0 Å². The van der Waals surface area contributed by atoms with Gasteiger partial charge in [0.25, 0.3) is 0 Å². The van der Waals surface area contributed by atoms with Crippen LogP contribution < -0.4 is 5.32 Å². The monoisotopic (exact) mass is 908 g/mol. The minimum atomic E-state index is -1.57. The van der Waals surface area contributed by atoms with Crippen LogP contribution in [-0.4, -0.2) is 87.5 Å². The quantitative estimate of drug-likeness (QED) is 0.0261. The number of ether oxygens (including phenoxy) is 2. The summed E-state index contributed by atoms with van der Waals surface area (Å²) in [6.07, 6.45) is 49.4. The van der Waals surface area contributed by atoms with Gasteiger partial charge in [-0.25, -0.2) is 0 Å². The van der Waals surface area contributed by atoms with Crippen molar-refractivity contribution in [2.24, 2.45) is 0 Å². The van der Waals surface area contributed by atoms with Gasteiger partial charge in [0, 0.05) is 6.42 Å². The number of carbonyl (C=O) groups excluding carboxylic acids is 1. The molecule has 0 aromatic carbocycles. The van der Waals surface area contributed by atoms with Crippen LogP contribution in [0.5, 0.6) is 0 Å². The standard InChI is InChI=1S/C55H105NO8/c1-3-5-7-9-11-13-15-17-19-21-23-24-25-27-29-31-33-35-37-39-41-43-45-51(59)56-48(47-63-55-54(62)53(61)52(60)50(46-57)64-55)49(58)44-42-40-38-36-34-32-30-28-26-22-20-18-16-14-12-10-8-6-4-2/h25,27,42,44,48-50,52-55,57-58,60-62H,3-24,26,28-41,43,45-47H2,1-2H3,(H,56,59)/b27-25-,44-42+. The number of rotatable bonds is 47. The average molecular weight is 908 g/mol. The molecule has 6 N–H and O–H groups in total. The first-order valence-corrected chi connectivity index (χ1v) is 27.6. The van der Waals surface area contributed by atoms with E-state index in [0.717, 1.165) is 38.5 Å². The summed E-state index contributed by atoms with van der Waals surface area (Å²) in [5.74, 6) is -0.178. The first-order valence-electron chi connectivity index (χ1n) is 27.6. The highest BCUT2D eigenvalue weighted by molar-refractivity contribution is 5.76. The van der Waals surface area contributed by atoms with Gasteiger partial charge in [-0.05, 0) is 44.9 Å². The molecule has 1 rings (SSSR count). The van der Waals surface area contributed by atoms with Crippen molar-refractivity contribution in [1.82, 2.24) is 5.32 Å². The normalized spacial score (nSPS) is 20.1. The van der Waals surface area contributed by atoms with E-state index in [0.29, 0.717) is 6.42 Å². The van der Waals surface area contributed by atoms with Gasteiger partial charge in [-0.15, -0.1) is 0 Å². The lowest BCUT2D eigenvalue weighted by atomic mass is 9.99. The molecule has 1 saturated heterocycles. The van der Waals surface area contributed by atoms with Crippen molar-refractivity contribution in [1.29, 1.82) is 0 Å². The lowest BCUT2D eigenvalue weighted by molar-refractivity contribution is -0.302. The Morgan fingerprint density at radius 1 is 0.516 bits per heavy atom. The lowest BCUT2D eigenvalue weighted by Gasteiger charge is -2.40. The predicted molar refractivity (Wildman–Crippen MR) is 267 cm³/mol. The van der Waals surface area contributed by atoms with E-state index in [-0.39, 0.29) is 12.5 Å². The Kier molecular flexibility index (Phi) is 43.1. The number of hydrogen-bond donors (Lipinski definition) is 6. The number of allylic oxidation sites excluding steroid dienone is 3. The Hall–Kier alpha value is -1.33. The number of aliphatic hydroxyl groups excluding tert-OH is 5. The molecule has 7 unspecified atom stereocenters. The second-order valence-electron chi connectivity index (χ2n) is 19.4. The highest BCUT2D eigenvalue weighted by atomic mass is 16.7. The van der Waals surface area contributed by atoms with Crippen molar-refractivity contribution < 1.29 is 39.8 Å². The van der Waals surface area contributed by atoms with E-state index in [4.69, 9.17) is 9.47 Å². The largest absolute Gasteiger partial charge is 0.394 e. The van der Waals surface area contributed by atoms with Crippen LogP contribution >= 0.6 is 0 Å². The van der Waals surface area contributed by atoms with E-state index in [1.165, 1.54) is 205 Å². The Morgan fingerprint density at radius 3 is 1.27 bits per heavy atom. The average Bonchev–Trinajstić information content (AvgIpc) is 3.29. The van der Waals surface area contributed by atoms with Crippen molar-refractivity contribution >= 4 is 5.91 Å². The van der Waals surface area contributed by atoms with Gasteiger partial charge < -0.3 is 40.3 Å². The molecule has 0 bridgehead atoms. The summed E-state index contributed by atoms with van der Waals surface area (Å²) >= 11 is 0. The molecule has 1 heterocycles. The molecule has 0 saturated carbocycles. The molecular weight excluding hydrogens is 803 g/mol. The molecule has 1 aliphatic heterocycles. The maximum absolute atomic E-state index is 13.0. The molecule has 9 nitrogen and oxygen atoms in total. The third-order valence-corrected chi connectivity index (χ3v) is 13.3. The molecule has 1 fully saturated rings. The molecule has 378 valence electrons. The minimum Gasteiger partial charge on any atom is -0.394 e. The summed E-state index contributed by atoms with van der Waals surface area (Å²) in [7, 11) is 0. The molecule has 1 amide bonds. The third kappa shape index (κ3) is 34.9. The SMILES string of the molecule is CCCCCCCCCCCCC/C=C\CCCCCCCCCC(=O)NC(COC1OC(CO)C(O)C(O)C1O)C(O)/C=C/CCCCCCCCCCCCCCCCCCC. The van der Waals surface area contributed by atoms with Crippen molar-refractivity contribution in [3.63, 3.8) is 0 Å². The van der Waals surface area contributed by atoms with Gasteiger partial charge in [-0.3, -0.25) is 4.79 Å².